The van der Waals surface area contributed by atoms with Crippen molar-refractivity contribution in [3.63, 3.8) is 0 Å². The van der Waals surface area contributed by atoms with Gasteiger partial charge in [-0.15, -0.1) is 0 Å². The average Bonchev–Trinajstić information content (AvgIpc) is 2.97. The van der Waals surface area contributed by atoms with Crippen molar-refractivity contribution in [1.29, 1.82) is 0 Å². The summed E-state index contributed by atoms with van der Waals surface area (Å²) in [4.78, 5) is 15.3. The summed E-state index contributed by atoms with van der Waals surface area (Å²) in [6.45, 7) is 10.7. The van der Waals surface area contributed by atoms with Crippen LogP contribution in [-0.4, -0.2) is 36.0 Å². The zero-order valence-corrected chi connectivity index (χ0v) is 13.5. The molecule has 3 heteroatoms. The molecule has 2 aliphatic heterocycles. The molecule has 0 aliphatic carbocycles. The molecule has 114 valence electrons. The van der Waals surface area contributed by atoms with Gasteiger partial charge in [-0.1, -0.05) is 39.0 Å². The fourth-order valence-electron chi connectivity index (χ4n) is 3.98. The SMILES string of the molecule is CC1CC2CNCC2N1C(=O)c1ccccc1C(C)(C)C. The first-order chi connectivity index (χ1) is 9.89. The Kier molecular flexibility index (Phi) is 3.56. The fourth-order valence-corrected chi connectivity index (χ4v) is 3.98. The molecular weight excluding hydrogens is 260 g/mol. The monoisotopic (exact) mass is 286 g/mol. The highest BCUT2D eigenvalue weighted by atomic mass is 16.2. The number of carbonyl (C=O) groups excluding carboxylic acids is 1. The Balaban J connectivity index is 1.96. The summed E-state index contributed by atoms with van der Waals surface area (Å²) in [5, 5.41) is 3.43. The van der Waals surface area contributed by atoms with Crippen LogP contribution in [0.3, 0.4) is 0 Å². The minimum absolute atomic E-state index is 0.0114. The number of carbonyl (C=O) groups is 1. The van der Waals surface area contributed by atoms with Gasteiger partial charge in [0.1, 0.15) is 0 Å². The molecule has 3 rings (SSSR count). The van der Waals surface area contributed by atoms with Gasteiger partial charge in [-0.25, -0.2) is 0 Å². The third-order valence-electron chi connectivity index (χ3n) is 4.98. The molecule has 2 fully saturated rings. The van der Waals surface area contributed by atoms with Gasteiger partial charge in [0.05, 0.1) is 0 Å². The first kappa shape index (κ1) is 14.6. The van der Waals surface area contributed by atoms with E-state index < -0.39 is 0 Å². The van der Waals surface area contributed by atoms with E-state index >= 15 is 0 Å². The minimum Gasteiger partial charge on any atom is -0.331 e. The number of hydrogen-bond acceptors (Lipinski definition) is 2. The van der Waals surface area contributed by atoms with E-state index in [0.29, 0.717) is 18.0 Å². The molecule has 1 aromatic rings. The lowest BCUT2D eigenvalue weighted by Gasteiger charge is -2.30. The predicted octanol–water partition coefficient (Wildman–Crippen LogP) is 2.81. The van der Waals surface area contributed by atoms with Crippen LogP contribution in [0.1, 0.15) is 50.0 Å². The molecule has 1 aromatic carbocycles. The van der Waals surface area contributed by atoms with Crippen LogP contribution in [0.25, 0.3) is 0 Å². The van der Waals surface area contributed by atoms with E-state index in [1.165, 1.54) is 0 Å². The Morgan fingerprint density at radius 2 is 1.95 bits per heavy atom. The number of hydrogen-bond donors (Lipinski definition) is 1. The quantitative estimate of drug-likeness (QED) is 0.861. The van der Waals surface area contributed by atoms with E-state index in [9.17, 15) is 4.79 Å². The Morgan fingerprint density at radius 3 is 2.67 bits per heavy atom. The summed E-state index contributed by atoms with van der Waals surface area (Å²) in [5.74, 6) is 0.843. The Morgan fingerprint density at radius 1 is 1.24 bits per heavy atom. The van der Waals surface area contributed by atoms with Gasteiger partial charge >= 0.3 is 0 Å². The van der Waals surface area contributed by atoms with Gasteiger partial charge < -0.3 is 10.2 Å². The first-order valence-electron chi connectivity index (χ1n) is 8.02. The van der Waals surface area contributed by atoms with Crippen molar-refractivity contribution >= 4 is 5.91 Å². The van der Waals surface area contributed by atoms with Crippen LogP contribution in [0.4, 0.5) is 0 Å². The minimum atomic E-state index is -0.0114. The molecule has 3 nitrogen and oxygen atoms in total. The smallest absolute Gasteiger partial charge is 0.254 e. The van der Waals surface area contributed by atoms with Gasteiger partial charge in [-0.05, 0) is 36.3 Å². The van der Waals surface area contributed by atoms with Crippen molar-refractivity contribution < 1.29 is 4.79 Å². The molecule has 0 aromatic heterocycles. The lowest BCUT2D eigenvalue weighted by Crippen LogP contribution is -2.43. The van der Waals surface area contributed by atoms with E-state index in [4.69, 9.17) is 0 Å². The number of amides is 1. The summed E-state index contributed by atoms with van der Waals surface area (Å²) in [6.07, 6.45) is 1.13. The molecule has 0 saturated carbocycles. The molecule has 1 amide bonds. The van der Waals surface area contributed by atoms with Crippen molar-refractivity contribution in [2.75, 3.05) is 13.1 Å². The molecule has 3 unspecified atom stereocenters. The van der Waals surface area contributed by atoms with Crippen molar-refractivity contribution in [2.24, 2.45) is 5.92 Å². The van der Waals surface area contributed by atoms with E-state index in [1.807, 2.05) is 18.2 Å². The molecule has 21 heavy (non-hydrogen) atoms. The largest absolute Gasteiger partial charge is 0.331 e. The molecule has 3 atom stereocenters. The zero-order chi connectivity index (χ0) is 15.2. The highest BCUT2D eigenvalue weighted by Crippen LogP contribution is 2.35. The summed E-state index contributed by atoms with van der Waals surface area (Å²) in [6, 6.07) is 8.82. The number of nitrogens with zero attached hydrogens (tertiary/aromatic N) is 1. The zero-order valence-electron chi connectivity index (χ0n) is 13.5. The summed E-state index contributed by atoms with van der Waals surface area (Å²) >= 11 is 0. The number of rotatable bonds is 1. The van der Waals surface area contributed by atoms with Crippen LogP contribution >= 0.6 is 0 Å². The lowest BCUT2D eigenvalue weighted by atomic mass is 9.83. The first-order valence-corrected chi connectivity index (χ1v) is 8.02. The van der Waals surface area contributed by atoms with Crippen LogP contribution in [0, 0.1) is 5.92 Å². The second-order valence-electron chi connectivity index (χ2n) is 7.58. The standard InChI is InChI=1S/C18H26N2O/c1-12-9-13-10-19-11-16(13)20(12)17(21)14-7-5-6-8-15(14)18(2,3)4/h5-8,12-13,16,19H,9-11H2,1-4H3. The number of fused-ring (bicyclic) bond motifs is 1. The van der Waals surface area contributed by atoms with Crippen molar-refractivity contribution in [1.82, 2.24) is 10.2 Å². The summed E-state index contributed by atoms with van der Waals surface area (Å²) in [5.41, 5.74) is 2.02. The second kappa shape index (κ2) is 5.13. The van der Waals surface area contributed by atoms with Crippen molar-refractivity contribution in [3.05, 3.63) is 35.4 Å². The maximum Gasteiger partial charge on any atom is 0.254 e. The van der Waals surface area contributed by atoms with E-state index in [0.717, 1.165) is 30.6 Å². The predicted molar refractivity (Wildman–Crippen MR) is 85.5 cm³/mol. The summed E-state index contributed by atoms with van der Waals surface area (Å²) < 4.78 is 0. The third kappa shape index (κ3) is 2.48. The van der Waals surface area contributed by atoms with Crippen LogP contribution in [0.15, 0.2) is 24.3 Å². The van der Waals surface area contributed by atoms with Gasteiger partial charge in [-0.3, -0.25) is 4.79 Å². The van der Waals surface area contributed by atoms with Crippen molar-refractivity contribution in [2.45, 2.75) is 51.6 Å². The molecular formula is C18H26N2O. The number of benzene rings is 1. The van der Waals surface area contributed by atoms with Gasteiger partial charge in [-0.2, -0.15) is 0 Å². The second-order valence-corrected chi connectivity index (χ2v) is 7.58. The molecule has 2 heterocycles. The molecule has 2 aliphatic rings. The fraction of sp³-hybridized carbons (Fsp3) is 0.611. The van der Waals surface area contributed by atoms with E-state index in [2.05, 4.69) is 44.0 Å². The van der Waals surface area contributed by atoms with Crippen molar-refractivity contribution in [3.8, 4) is 0 Å². The van der Waals surface area contributed by atoms with Crippen LogP contribution in [-0.2, 0) is 5.41 Å². The van der Waals surface area contributed by atoms with Gasteiger partial charge in [0, 0.05) is 30.7 Å². The van der Waals surface area contributed by atoms with E-state index in [1.54, 1.807) is 0 Å². The molecule has 0 radical (unpaired) electrons. The topological polar surface area (TPSA) is 32.3 Å². The highest BCUT2D eigenvalue weighted by Gasteiger charge is 2.44. The molecule has 1 N–H and O–H groups in total. The van der Waals surface area contributed by atoms with E-state index in [-0.39, 0.29) is 11.3 Å². The summed E-state index contributed by atoms with van der Waals surface area (Å²) in [7, 11) is 0. The van der Waals surface area contributed by atoms with Crippen LogP contribution in [0.5, 0.6) is 0 Å². The Hall–Kier alpha value is -1.35. The van der Waals surface area contributed by atoms with Gasteiger partial charge in [0.15, 0.2) is 0 Å². The third-order valence-corrected chi connectivity index (χ3v) is 4.98. The average molecular weight is 286 g/mol. The number of likely N-dealkylation sites (tertiary alicyclic amines) is 1. The molecule has 0 bridgehead atoms. The maximum atomic E-state index is 13.2. The molecule has 0 spiro atoms. The normalized spacial score (nSPS) is 28.8. The number of nitrogens with one attached hydrogen (secondary N) is 1. The highest BCUT2D eigenvalue weighted by molar-refractivity contribution is 5.96. The van der Waals surface area contributed by atoms with Gasteiger partial charge in [0.25, 0.3) is 5.91 Å². The Bertz CT molecular complexity index is 546. The lowest BCUT2D eigenvalue weighted by molar-refractivity contribution is 0.0679. The van der Waals surface area contributed by atoms with Crippen LogP contribution < -0.4 is 5.32 Å². The van der Waals surface area contributed by atoms with Crippen LogP contribution in [0.2, 0.25) is 0 Å². The molecule has 2 saturated heterocycles. The Labute approximate surface area is 127 Å². The maximum absolute atomic E-state index is 13.2. The van der Waals surface area contributed by atoms with Gasteiger partial charge in [0.2, 0.25) is 0 Å².